The van der Waals surface area contributed by atoms with E-state index in [4.69, 9.17) is 11.6 Å². The molecule has 7 heteroatoms. The summed E-state index contributed by atoms with van der Waals surface area (Å²) >= 11 is 5.78. The minimum atomic E-state index is -0.512. The zero-order chi connectivity index (χ0) is 19.4. The highest BCUT2D eigenvalue weighted by Gasteiger charge is 2.12. The lowest BCUT2D eigenvalue weighted by molar-refractivity contribution is 0.102. The molecule has 1 heterocycles. The average molecular weight is 385 g/mol. The van der Waals surface area contributed by atoms with E-state index in [0.29, 0.717) is 17.1 Å². The Bertz CT molecular complexity index is 976. The predicted molar refractivity (Wildman–Crippen MR) is 105 cm³/mol. The van der Waals surface area contributed by atoms with E-state index >= 15 is 0 Å². The maximum Gasteiger partial charge on any atom is 0.274 e. The number of amides is 1. The van der Waals surface area contributed by atoms with Crippen molar-refractivity contribution in [3.8, 4) is 0 Å². The molecule has 0 bridgehead atoms. The highest BCUT2D eigenvalue weighted by molar-refractivity contribution is 6.31. The van der Waals surface area contributed by atoms with Crippen LogP contribution < -0.4 is 10.6 Å². The van der Waals surface area contributed by atoms with Gasteiger partial charge < -0.3 is 10.6 Å². The molecule has 0 saturated heterocycles. The van der Waals surface area contributed by atoms with Crippen LogP contribution in [-0.2, 0) is 6.42 Å². The standard InChI is InChI=1S/C20H18ClFN4O/c1-3-13-4-6-14(7-5-13)24-19(27)18-10-12(2)23-20(26-18)25-15-8-9-17(22)16(21)11-15/h4-11H,3H2,1-2H3,(H,24,27)(H,23,25,26). The number of anilines is 3. The molecule has 1 amide bonds. The van der Waals surface area contributed by atoms with Crippen LogP contribution in [0, 0.1) is 12.7 Å². The van der Waals surface area contributed by atoms with Gasteiger partial charge in [0.25, 0.3) is 5.91 Å². The lowest BCUT2D eigenvalue weighted by Gasteiger charge is -2.10. The summed E-state index contributed by atoms with van der Waals surface area (Å²) in [5.41, 5.74) is 3.24. The van der Waals surface area contributed by atoms with Crippen LogP contribution >= 0.6 is 11.6 Å². The Kier molecular flexibility index (Phi) is 5.66. The smallest absolute Gasteiger partial charge is 0.274 e. The topological polar surface area (TPSA) is 66.9 Å². The maximum atomic E-state index is 13.3. The summed E-state index contributed by atoms with van der Waals surface area (Å²) in [6.07, 6.45) is 0.932. The van der Waals surface area contributed by atoms with Gasteiger partial charge in [-0.25, -0.2) is 14.4 Å². The van der Waals surface area contributed by atoms with E-state index in [9.17, 15) is 9.18 Å². The Labute approximate surface area is 161 Å². The van der Waals surface area contributed by atoms with Gasteiger partial charge in [-0.3, -0.25) is 4.79 Å². The summed E-state index contributed by atoms with van der Waals surface area (Å²) < 4.78 is 13.3. The summed E-state index contributed by atoms with van der Waals surface area (Å²) in [5.74, 6) is -0.629. The number of aryl methyl sites for hydroxylation is 2. The fraction of sp³-hybridized carbons (Fsp3) is 0.150. The molecule has 0 saturated carbocycles. The molecule has 138 valence electrons. The van der Waals surface area contributed by atoms with Gasteiger partial charge in [-0.15, -0.1) is 0 Å². The van der Waals surface area contributed by atoms with Gasteiger partial charge in [0.15, 0.2) is 0 Å². The summed E-state index contributed by atoms with van der Waals surface area (Å²) in [4.78, 5) is 21.0. The van der Waals surface area contributed by atoms with Gasteiger partial charge >= 0.3 is 0 Å². The molecule has 2 N–H and O–H groups in total. The minimum absolute atomic E-state index is 0.0128. The van der Waals surface area contributed by atoms with Gasteiger partial charge in [-0.05, 0) is 55.3 Å². The molecule has 0 aliphatic carbocycles. The lowest BCUT2D eigenvalue weighted by Crippen LogP contribution is -2.15. The number of benzene rings is 2. The van der Waals surface area contributed by atoms with Gasteiger partial charge in [-0.2, -0.15) is 0 Å². The molecule has 5 nitrogen and oxygen atoms in total. The van der Waals surface area contributed by atoms with Crippen molar-refractivity contribution in [3.63, 3.8) is 0 Å². The number of rotatable bonds is 5. The molecule has 27 heavy (non-hydrogen) atoms. The number of carbonyl (C=O) groups is 1. The third-order valence-corrected chi connectivity index (χ3v) is 4.17. The molecule has 0 unspecified atom stereocenters. The molecule has 0 aliphatic heterocycles. The first-order valence-corrected chi connectivity index (χ1v) is 8.80. The summed E-state index contributed by atoms with van der Waals surface area (Å²) in [5, 5.41) is 5.74. The van der Waals surface area contributed by atoms with Crippen molar-refractivity contribution >= 4 is 34.8 Å². The van der Waals surface area contributed by atoms with Crippen LogP contribution in [0.25, 0.3) is 0 Å². The van der Waals surface area contributed by atoms with Crippen molar-refractivity contribution in [2.45, 2.75) is 20.3 Å². The molecule has 1 aromatic heterocycles. The number of nitrogens with one attached hydrogen (secondary N) is 2. The van der Waals surface area contributed by atoms with Crippen LogP contribution in [0.3, 0.4) is 0 Å². The summed E-state index contributed by atoms with van der Waals surface area (Å²) in [6.45, 7) is 3.83. The van der Waals surface area contributed by atoms with E-state index in [2.05, 4.69) is 27.5 Å². The second-order valence-electron chi connectivity index (χ2n) is 5.98. The van der Waals surface area contributed by atoms with Gasteiger partial charge in [0.2, 0.25) is 5.95 Å². The number of hydrogen-bond donors (Lipinski definition) is 2. The van der Waals surface area contributed by atoms with Crippen LogP contribution in [0.2, 0.25) is 5.02 Å². The molecule has 3 aromatic rings. The van der Waals surface area contributed by atoms with Gasteiger partial charge in [0.1, 0.15) is 11.5 Å². The SMILES string of the molecule is CCc1ccc(NC(=O)c2cc(C)nc(Nc3ccc(F)c(Cl)c3)n2)cc1. The van der Waals surface area contributed by atoms with Crippen LogP contribution in [-0.4, -0.2) is 15.9 Å². The van der Waals surface area contributed by atoms with Crippen molar-refractivity contribution < 1.29 is 9.18 Å². The fourth-order valence-electron chi connectivity index (χ4n) is 2.46. The average Bonchev–Trinajstić information content (AvgIpc) is 2.65. The molecule has 0 radical (unpaired) electrons. The quantitative estimate of drug-likeness (QED) is 0.639. The third kappa shape index (κ3) is 4.80. The highest BCUT2D eigenvalue weighted by Crippen LogP contribution is 2.22. The van der Waals surface area contributed by atoms with Gasteiger partial charge in [0, 0.05) is 17.1 Å². The number of halogens is 2. The molecular formula is C20H18ClFN4O. The second-order valence-corrected chi connectivity index (χ2v) is 6.38. The zero-order valence-corrected chi connectivity index (χ0v) is 15.6. The van der Waals surface area contributed by atoms with Crippen molar-refractivity contribution in [2.24, 2.45) is 0 Å². The Balaban J connectivity index is 1.79. The van der Waals surface area contributed by atoms with Gasteiger partial charge in [-0.1, -0.05) is 30.7 Å². The molecule has 0 spiro atoms. The molecule has 0 aliphatic rings. The zero-order valence-electron chi connectivity index (χ0n) is 14.9. The number of hydrogen-bond acceptors (Lipinski definition) is 4. The summed E-state index contributed by atoms with van der Waals surface area (Å²) in [7, 11) is 0. The summed E-state index contributed by atoms with van der Waals surface area (Å²) in [6, 6.07) is 13.4. The predicted octanol–water partition coefficient (Wildman–Crippen LogP) is 5.14. The van der Waals surface area contributed by atoms with Crippen LogP contribution in [0.5, 0.6) is 0 Å². The van der Waals surface area contributed by atoms with E-state index < -0.39 is 5.82 Å². The van der Waals surface area contributed by atoms with Crippen LogP contribution in [0.15, 0.2) is 48.5 Å². The largest absolute Gasteiger partial charge is 0.324 e. The number of nitrogens with zero attached hydrogens (tertiary/aromatic N) is 2. The van der Waals surface area contributed by atoms with Crippen LogP contribution in [0.1, 0.15) is 28.7 Å². The number of carbonyl (C=O) groups excluding carboxylic acids is 1. The Morgan fingerprint density at radius 2 is 1.78 bits per heavy atom. The fourth-order valence-corrected chi connectivity index (χ4v) is 2.64. The van der Waals surface area contributed by atoms with E-state index in [0.717, 1.165) is 6.42 Å². The molecule has 0 fully saturated rings. The number of aromatic nitrogens is 2. The van der Waals surface area contributed by atoms with Gasteiger partial charge in [0.05, 0.1) is 5.02 Å². The molecule has 0 atom stereocenters. The lowest BCUT2D eigenvalue weighted by atomic mass is 10.1. The van der Waals surface area contributed by atoms with E-state index in [1.165, 1.54) is 23.8 Å². The Hall–Kier alpha value is -2.99. The minimum Gasteiger partial charge on any atom is -0.324 e. The Morgan fingerprint density at radius 3 is 2.44 bits per heavy atom. The normalized spacial score (nSPS) is 10.5. The molecule has 2 aromatic carbocycles. The monoisotopic (exact) mass is 384 g/mol. The molecular weight excluding hydrogens is 367 g/mol. The first-order chi connectivity index (χ1) is 12.9. The first kappa shape index (κ1) is 18.8. The maximum absolute atomic E-state index is 13.3. The molecule has 3 rings (SSSR count). The van der Waals surface area contributed by atoms with E-state index in [-0.39, 0.29) is 22.6 Å². The first-order valence-electron chi connectivity index (χ1n) is 8.42. The second kappa shape index (κ2) is 8.14. The van der Waals surface area contributed by atoms with Crippen molar-refractivity contribution in [1.29, 1.82) is 0 Å². The van der Waals surface area contributed by atoms with Crippen LogP contribution in [0.4, 0.5) is 21.7 Å². The van der Waals surface area contributed by atoms with E-state index in [1.807, 2.05) is 24.3 Å². The van der Waals surface area contributed by atoms with Crippen molar-refractivity contribution in [3.05, 3.63) is 76.3 Å². The Morgan fingerprint density at radius 1 is 1.07 bits per heavy atom. The van der Waals surface area contributed by atoms with Crippen molar-refractivity contribution in [1.82, 2.24) is 9.97 Å². The van der Waals surface area contributed by atoms with E-state index in [1.54, 1.807) is 13.0 Å². The highest BCUT2D eigenvalue weighted by atomic mass is 35.5. The third-order valence-electron chi connectivity index (χ3n) is 3.88. The van der Waals surface area contributed by atoms with Crippen molar-refractivity contribution in [2.75, 3.05) is 10.6 Å².